The Morgan fingerprint density at radius 1 is 1.40 bits per heavy atom. The summed E-state index contributed by atoms with van der Waals surface area (Å²) in [7, 11) is 2.12. The van der Waals surface area contributed by atoms with Gasteiger partial charge in [0.2, 0.25) is 0 Å². The minimum atomic E-state index is 0.126. The molecule has 0 amide bonds. The van der Waals surface area contributed by atoms with Crippen molar-refractivity contribution >= 4 is 0 Å². The van der Waals surface area contributed by atoms with Gasteiger partial charge in [-0.2, -0.15) is 0 Å². The van der Waals surface area contributed by atoms with E-state index in [0.29, 0.717) is 6.04 Å². The van der Waals surface area contributed by atoms with E-state index < -0.39 is 0 Å². The average molecular weight is 206 g/mol. The highest BCUT2D eigenvalue weighted by atomic mass is 16.1. The molecule has 1 saturated heterocycles. The van der Waals surface area contributed by atoms with Gasteiger partial charge in [0.25, 0.3) is 5.56 Å². The maximum atomic E-state index is 11.7. The lowest BCUT2D eigenvalue weighted by Crippen LogP contribution is -2.37. The second-order valence-corrected chi connectivity index (χ2v) is 4.51. The fourth-order valence-electron chi connectivity index (χ4n) is 2.27. The minimum Gasteiger partial charge on any atom is -0.311 e. The van der Waals surface area contributed by atoms with Crippen LogP contribution in [-0.2, 0) is 0 Å². The van der Waals surface area contributed by atoms with E-state index in [1.54, 1.807) is 6.07 Å². The fraction of sp³-hybridized carbons (Fsp3) is 0.583. The fourth-order valence-corrected chi connectivity index (χ4v) is 2.27. The van der Waals surface area contributed by atoms with E-state index in [2.05, 4.69) is 11.9 Å². The molecule has 0 radical (unpaired) electrons. The van der Waals surface area contributed by atoms with E-state index in [9.17, 15) is 4.79 Å². The van der Waals surface area contributed by atoms with Crippen molar-refractivity contribution in [3.63, 3.8) is 0 Å². The van der Waals surface area contributed by atoms with Crippen LogP contribution in [0.4, 0.5) is 0 Å². The summed E-state index contributed by atoms with van der Waals surface area (Å²) >= 11 is 0. The molecule has 2 rings (SSSR count). The van der Waals surface area contributed by atoms with Crippen molar-refractivity contribution < 1.29 is 0 Å². The number of piperidine rings is 1. The Kier molecular flexibility index (Phi) is 2.91. The number of aryl methyl sites for hydroxylation is 1. The van der Waals surface area contributed by atoms with Gasteiger partial charge < -0.3 is 9.47 Å². The van der Waals surface area contributed by atoms with Crippen LogP contribution in [0.3, 0.4) is 0 Å². The molecular formula is C12H18N2O. The van der Waals surface area contributed by atoms with Crippen LogP contribution in [0.5, 0.6) is 0 Å². The van der Waals surface area contributed by atoms with Gasteiger partial charge in [0.15, 0.2) is 0 Å². The van der Waals surface area contributed by atoms with Crippen LogP contribution < -0.4 is 5.56 Å². The third-order valence-electron chi connectivity index (χ3n) is 3.08. The van der Waals surface area contributed by atoms with Gasteiger partial charge in [-0.1, -0.05) is 6.07 Å². The second kappa shape index (κ2) is 4.19. The summed E-state index contributed by atoms with van der Waals surface area (Å²) < 4.78 is 1.89. The zero-order valence-electron chi connectivity index (χ0n) is 9.44. The zero-order valence-corrected chi connectivity index (χ0v) is 9.44. The van der Waals surface area contributed by atoms with E-state index in [4.69, 9.17) is 0 Å². The average Bonchev–Trinajstić information content (AvgIpc) is 2.22. The molecular weight excluding hydrogens is 188 g/mol. The summed E-state index contributed by atoms with van der Waals surface area (Å²) in [5, 5.41) is 0. The Morgan fingerprint density at radius 2 is 2.20 bits per heavy atom. The van der Waals surface area contributed by atoms with Gasteiger partial charge in [-0.15, -0.1) is 0 Å². The highest BCUT2D eigenvalue weighted by Crippen LogP contribution is 2.18. The lowest BCUT2D eigenvalue weighted by Gasteiger charge is -2.31. The predicted octanol–water partition coefficient (Wildman–Crippen LogP) is 1.42. The first-order valence-corrected chi connectivity index (χ1v) is 5.54. The van der Waals surface area contributed by atoms with Gasteiger partial charge in [0.05, 0.1) is 0 Å². The third-order valence-corrected chi connectivity index (χ3v) is 3.08. The maximum Gasteiger partial charge on any atom is 0.250 e. The summed E-state index contributed by atoms with van der Waals surface area (Å²) in [6.07, 6.45) is 4.28. The molecule has 3 nitrogen and oxygen atoms in total. The van der Waals surface area contributed by atoms with Crippen molar-refractivity contribution in [2.24, 2.45) is 0 Å². The lowest BCUT2D eigenvalue weighted by molar-refractivity contribution is 0.209. The third kappa shape index (κ3) is 2.29. The van der Waals surface area contributed by atoms with Gasteiger partial charge >= 0.3 is 0 Å². The number of pyridine rings is 1. The number of hydrogen-bond donors (Lipinski definition) is 0. The number of likely N-dealkylation sites (N-methyl/N-ethyl adjacent to an activating group) is 1. The summed E-state index contributed by atoms with van der Waals surface area (Å²) in [4.78, 5) is 14.0. The molecule has 0 aliphatic carbocycles. The van der Waals surface area contributed by atoms with Crippen LogP contribution in [0.25, 0.3) is 0 Å². The SMILES string of the molecule is Cc1ccc(=O)n(C2CCCN(C)C2)c1. The quantitative estimate of drug-likeness (QED) is 0.694. The molecule has 1 fully saturated rings. The minimum absolute atomic E-state index is 0.126. The molecule has 3 heteroatoms. The topological polar surface area (TPSA) is 25.2 Å². The Labute approximate surface area is 90.3 Å². The van der Waals surface area contributed by atoms with Gasteiger partial charge in [-0.3, -0.25) is 4.79 Å². The van der Waals surface area contributed by atoms with Crippen LogP contribution in [0.1, 0.15) is 24.4 Å². The van der Waals surface area contributed by atoms with Crippen LogP contribution in [0.15, 0.2) is 23.1 Å². The number of hydrogen-bond acceptors (Lipinski definition) is 2. The smallest absolute Gasteiger partial charge is 0.250 e. The maximum absolute atomic E-state index is 11.7. The number of likely N-dealkylation sites (tertiary alicyclic amines) is 1. The highest BCUT2D eigenvalue weighted by molar-refractivity contribution is 5.08. The van der Waals surface area contributed by atoms with Crippen LogP contribution in [0, 0.1) is 6.92 Å². The molecule has 1 aromatic rings. The van der Waals surface area contributed by atoms with Crippen molar-refractivity contribution in [2.75, 3.05) is 20.1 Å². The molecule has 15 heavy (non-hydrogen) atoms. The summed E-state index contributed by atoms with van der Waals surface area (Å²) in [6.45, 7) is 4.17. The van der Waals surface area contributed by atoms with E-state index >= 15 is 0 Å². The Morgan fingerprint density at radius 3 is 2.93 bits per heavy atom. The normalized spacial score (nSPS) is 22.9. The lowest BCUT2D eigenvalue weighted by atomic mass is 10.1. The summed E-state index contributed by atoms with van der Waals surface area (Å²) in [5.41, 5.74) is 1.28. The molecule has 1 aromatic heterocycles. The van der Waals surface area contributed by atoms with Crippen molar-refractivity contribution in [2.45, 2.75) is 25.8 Å². The second-order valence-electron chi connectivity index (χ2n) is 4.51. The van der Waals surface area contributed by atoms with Gasteiger partial charge in [0, 0.05) is 24.8 Å². The molecule has 0 saturated carbocycles. The van der Waals surface area contributed by atoms with E-state index in [1.165, 1.54) is 6.42 Å². The molecule has 0 bridgehead atoms. The molecule has 1 aliphatic heterocycles. The largest absolute Gasteiger partial charge is 0.311 e. The first-order chi connectivity index (χ1) is 7.16. The first-order valence-electron chi connectivity index (χ1n) is 5.54. The number of rotatable bonds is 1. The Bertz CT molecular complexity index is 397. The van der Waals surface area contributed by atoms with Crippen molar-refractivity contribution in [1.29, 1.82) is 0 Å². The van der Waals surface area contributed by atoms with Crippen LogP contribution in [0.2, 0.25) is 0 Å². The first kappa shape index (κ1) is 10.4. The van der Waals surface area contributed by atoms with Crippen molar-refractivity contribution in [3.8, 4) is 0 Å². The van der Waals surface area contributed by atoms with Gasteiger partial charge in [-0.05, 0) is 38.9 Å². The van der Waals surface area contributed by atoms with Crippen molar-refractivity contribution in [3.05, 3.63) is 34.2 Å². The van der Waals surface area contributed by atoms with Crippen LogP contribution >= 0.6 is 0 Å². The zero-order chi connectivity index (χ0) is 10.8. The molecule has 1 aliphatic rings. The highest BCUT2D eigenvalue weighted by Gasteiger charge is 2.19. The van der Waals surface area contributed by atoms with Gasteiger partial charge in [-0.25, -0.2) is 0 Å². The predicted molar refractivity (Wildman–Crippen MR) is 61.2 cm³/mol. The summed E-state index contributed by atoms with van der Waals surface area (Å²) in [6, 6.07) is 3.91. The standard InChI is InChI=1S/C12H18N2O/c1-10-5-6-12(15)14(8-10)11-4-3-7-13(2)9-11/h5-6,8,11H,3-4,7,9H2,1-2H3. The molecule has 2 heterocycles. The molecule has 0 aromatic carbocycles. The van der Waals surface area contributed by atoms with E-state index in [-0.39, 0.29) is 5.56 Å². The summed E-state index contributed by atoms with van der Waals surface area (Å²) in [5.74, 6) is 0. The number of nitrogens with zero attached hydrogens (tertiary/aromatic N) is 2. The molecule has 1 unspecified atom stereocenters. The molecule has 0 N–H and O–H groups in total. The molecule has 82 valence electrons. The number of aromatic nitrogens is 1. The van der Waals surface area contributed by atoms with Crippen LogP contribution in [-0.4, -0.2) is 29.6 Å². The Hall–Kier alpha value is -1.09. The van der Waals surface area contributed by atoms with Crippen molar-refractivity contribution in [1.82, 2.24) is 9.47 Å². The Balaban J connectivity index is 2.28. The molecule has 0 spiro atoms. The molecule has 1 atom stereocenters. The van der Waals surface area contributed by atoms with E-state index in [0.717, 1.165) is 25.1 Å². The monoisotopic (exact) mass is 206 g/mol. The van der Waals surface area contributed by atoms with E-state index in [1.807, 2.05) is 23.8 Å². The van der Waals surface area contributed by atoms with Gasteiger partial charge in [0.1, 0.15) is 0 Å².